The molecule has 0 aliphatic rings. The van der Waals surface area contributed by atoms with E-state index in [0.29, 0.717) is 23.6 Å². The molecule has 0 saturated heterocycles. The molecular formula is C14H25BO5Si. The molecule has 0 amide bonds. The van der Waals surface area contributed by atoms with E-state index in [1.165, 1.54) is 7.11 Å². The summed E-state index contributed by atoms with van der Waals surface area (Å²) in [7, 11) is -1.11. The molecule has 0 heterocycles. The number of rotatable bonds is 8. The minimum atomic E-state index is -1.53. The second-order valence-electron chi connectivity index (χ2n) is 6.21. The average molecular weight is 312 g/mol. The molecule has 5 nitrogen and oxygen atoms in total. The molecule has 0 fully saturated rings. The van der Waals surface area contributed by atoms with E-state index in [9.17, 15) is 10.0 Å². The number of ether oxygens (including phenoxy) is 3. The smallest absolute Gasteiger partial charge is 0.488 e. The molecule has 0 saturated carbocycles. The Morgan fingerprint density at radius 1 is 1.14 bits per heavy atom. The predicted octanol–water partition coefficient (Wildman–Crippen LogP) is 1.37. The van der Waals surface area contributed by atoms with Crippen molar-refractivity contribution in [3.05, 3.63) is 17.7 Å². The Bertz CT molecular complexity index is 459. The first-order chi connectivity index (χ1) is 9.74. The molecule has 21 heavy (non-hydrogen) atoms. The topological polar surface area (TPSA) is 68.2 Å². The Labute approximate surface area is 128 Å². The number of hydrogen-bond donors (Lipinski definition) is 2. The lowest BCUT2D eigenvalue weighted by Crippen LogP contribution is -2.32. The molecule has 0 bridgehead atoms. The fourth-order valence-corrected chi connectivity index (χ4v) is 2.53. The van der Waals surface area contributed by atoms with Crippen LogP contribution in [-0.2, 0) is 4.74 Å². The SMILES string of the molecule is COc1cc(B(O)O)c(C)cc1OCOCC[Si](C)(C)C. The first-order valence-electron chi connectivity index (χ1n) is 7.00. The fourth-order valence-electron chi connectivity index (χ4n) is 1.77. The fraction of sp³-hybridized carbons (Fsp3) is 0.571. The summed E-state index contributed by atoms with van der Waals surface area (Å²) >= 11 is 0. The molecule has 0 aliphatic heterocycles. The Balaban J connectivity index is 2.61. The first-order valence-corrected chi connectivity index (χ1v) is 10.7. The van der Waals surface area contributed by atoms with Gasteiger partial charge in [-0.05, 0) is 36.1 Å². The zero-order valence-corrected chi connectivity index (χ0v) is 14.5. The zero-order valence-electron chi connectivity index (χ0n) is 13.5. The van der Waals surface area contributed by atoms with Crippen LogP contribution < -0.4 is 14.9 Å². The van der Waals surface area contributed by atoms with Gasteiger partial charge in [0.15, 0.2) is 18.3 Å². The lowest BCUT2D eigenvalue weighted by molar-refractivity contribution is 0.0205. The maximum absolute atomic E-state index is 9.28. The Hall–Kier alpha value is -1.02. The second-order valence-corrected chi connectivity index (χ2v) is 11.8. The molecule has 7 heteroatoms. The quantitative estimate of drug-likeness (QED) is 0.431. The van der Waals surface area contributed by atoms with Gasteiger partial charge in [0.1, 0.15) is 0 Å². The Morgan fingerprint density at radius 2 is 1.81 bits per heavy atom. The van der Waals surface area contributed by atoms with Crippen LogP contribution in [0.2, 0.25) is 25.7 Å². The van der Waals surface area contributed by atoms with Gasteiger partial charge in [-0.15, -0.1) is 0 Å². The lowest BCUT2D eigenvalue weighted by Gasteiger charge is -2.17. The lowest BCUT2D eigenvalue weighted by atomic mass is 9.77. The maximum atomic E-state index is 9.28. The first kappa shape index (κ1) is 18.0. The molecule has 0 spiro atoms. The van der Waals surface area contributed by atoms with Crippen molar-refractivity contribution in [2.75, 3.05) is 20.5 Å². The van der Waals surface area contributed by atoms with E-state index >= 15 is 0 Å². The number of hydrogen-bond acceptors (Lipinski definition) is 5. The molecule has 0 unspecified atom stereocenters. The van der Waals surface area contributed by atoms with Crippen molar-refractivity contribution in [3.63, 3.8) is 0 Å². The van der Waals surface area contributed by atoms with E-state index in [1.54, 1.807) is 19.1 Å². The Morgan fingerprint density at radius 3 is 2.33 bits per heavy atom. The van der Waals surface area contributed by atoms with Gasteiger partial charge in [0.2, 0.25) is 0 Å². The van der Waals surface area contributed by atoms with Crippen LogP contribution >= 0.6 is 0 Å². The van der Waals surface area contributed by atoms with E-state index < -0.39 is 15.2 Å². The number of aryl methyl sites for hydroxylation is 1. The van der Waals surface area contributed by atoms with Gasteiger partial charge in [-0.1, -0.05) is 19.6 Å². The van der Waals surface area contributed by atoms with Crippen molar-refractivity contribution >= 4 is 20.7 Å². The van der Waals surface area contributed by atoms with Crippen LogP contribution in [0.15, 0.2) is 12.1 Å². The van der Waals surface area contributed by atoms with Crippen LogP contribution in [0.1, 0.15) is 5.56 Å². The summed E-state index contributed by atoms with van der Waals surface area (Å²) in [5.41, 5.74) is 1.13. The summed E-state index contributed by atoms with van der Waals surface area (Å²) in [6, 6.07) is 4.37. The summed E-state index contributed by atoms with van der Waals surface area (Å²) in [4.78, 5) is 0. The highest BCUT2D eigenvalue weighted by atomic mass is 28.3. The largest absolute Gasteiger partial charge is 0.493 e. The number of methoxy groups -OCH3 is 1. The van der Waals surface area contributed by atoms with Gasteiger partial charge in [-0.25, -0.2) is 0 Å². The van der Waals surface area contributed by atoms with Crippen molar-refractivity contribution in [1.29, 1.82) is 0 Å². The van der Waals surface area contributed by atoms with E-state index in [2.05, 4.69) is 19.6 Å². The molecule has 1 aromatic carbocycles. The molecule has 0 atom stereocenters. The summed E-state index contributed by atoms with van der Waals surface area (Å²) in [5.74, 6) is 0.991. The standard InChI is InChI=1S/C14H25BO5Si/c1-11-8-14(13(18-2)9-12(11)15(16)17)20-10-19-6-7-21(3,4)5/h8-9,16-17H,6-7,10H2,1-5H3. The molecule has 1 rings (SSSR count). The minimum absolute atomic E-state index is 0.154. The van der Waals surface area contributed by atoms with Crippen LogP contribution in [0.4, 0.5) is 0 Å². The normalized spacial score (nSPS) is 11.4. The van der Waals surface area contributed by atoms with E-state index in [4.69, 9.17) is 14.2 Å². The van der Waals surface area contributed by atoms with E-state index in [0.717, 1.165) is 11.6 Å². The maximum Gasteiger partial charge on any atom is 0.488 e. The monoisotopic (exact) mass is 312 g/mol. The average Bonchev–Trinajstić information content (AvgIpc) is 2.36. The van der Waals surface area contributed by atoms with Gasteiger partial charge in [0.05, 0.1) is 7.11 Å². The van der Waals surface area contributed by atoms with Crippen molar-refractivity contribution in [2.45, 2.75) is 32.6 Å². The summed E-state index contributed by atoms with van der Waals surface area (Å²) in [6.45, 7) is 9.51. The van der Waals surface area contributed by atoms with Crippen molar-refractivity contribution in [3.8, 4) is 11.5 Å². The van der Waals surface area contributed by atoms with Crippen LogP contribution in [0.25, 0.3) is 0 Å². The number of benzene rings is 1. The third kappa shape index (κ3) is 6.09. The summed E-state index contributed by atoms with van der Waals surface area (Å²) in [6.07, 6.45) is 0. The highest BCUT2D eigenvalue weighted by Crippen LogP contribution is 2.27. The second kappa shape index (κ2) is 7.84. The third-order valence-electron chi connectivity index (χ3n) is 3.12. The molecule has 0 aliphatic carbocycles. The van der Waals surface area contributed by atoms with Crippen molar-refractivity contribution in [2.24, 2.45) is 0 Å². The zero-order chi connectivity index (χ0) is 16.0. The molecule has 0 aromatic heterocycles. The van der Waals surface area contributed by atoms with Gasteiger partial charge in [-0.2, -0.15) is 0 Å². The van der Waals surface area contributed by atoms with E-state index in [1.807, 2.05) is 0 Å². The van der Waals surface area contributed by atoms with Gasteiger partial charge in [0, 0.05) is 14.7 Å². The summed E-state index contributed by atoms with van der Waals surface area (Å²) in [5, 5.41) is 18.6. The van der Waals surface area contributed by atoms with Crippen LogP contribution in [-0.4, -0.2) is 45.7 Å². The molecule has 0 radical (unpaired) electrons. The van der Waals surface area contributed by atoms with Crippen LogP contribution in [0, 0.1) is 6.92 Å². The van der Waals surface area contributed by atoms with E-state index in [-0.39, 0.29) is 6.79 Å². The molecule has 1 aromatic rings. The Kier molecular flexibility index (Phi) is 6.73. The van der Waals surface area contributed by atoms with Gasteiger partial charge in [-0.3, -0.25) is 0 Å². The summed E-state index contributed by atoms with van der Waals surface area (Å²) < 4.78 is 16.3. The highest BCUT2D eigenvalue weighted by Gasteiger charge is 2.18. The van der Waals surface area contributed by atoms with Gasteiger partial charge >= 0.3 is 7.12 Å². The van der Waals surface area contributed by atoms with Crippen molar-refractivity contribution in [1.82, 2.24) is 0 Å². The predicted molar refractivity (Wildman–Crippen MR) is 87.2 cm³/mol. The van der Waals surface area contributed by atoms with Gasteiger partial charge < -0.3 is 24.3 Å². The van der Waals surface area contributed by atoms with Crippen LogP contribution in [0.5, 0.6) is 11.5 Å². The minimum Gasteiger partial charge on any atom is -0.493 e. The molecular weight excluding hydrogens is 287 g/mol. The molecule has 118 valence electrons. The third-order valence-corrected chi connectivity index (χ3v) is 4.83. The molecule has 2 N–H and O–H groups in total. The highest BCUT2D eigenvalue weighted by molar-refractivity contribution is 6.76. The van der Waals surface area contributed by atoms with Crippen LogP contribution in [0.3, 0.4) is 0 Å². The van der Waals surface area contributed by atoms with Crippen molar-refractivity contribution < 1.29 is 24.3 Å². The van der Waals surface area contributed by atoms with Gasteiger partial charge in [0.25, 0.3) is 0 Å².